The van der Waals surface area contributed by atoms with Gasteiger partial charge in [0.15, 0.2) is 6.10 Å². The number of hydrogen-bond donors (Lipinski definition) is 1. The molecule has 0 radical (unpaired) electrons. The molecule has 0 aliphatic heterocycles. The minimum Gasteiger partial charge on any atom is -0.497 e. The van der Waals surface area contributed by atoms with Gasteiger partial charge in [0.1, 0.15) is 11.5 Å². The van der Waals surface area contributed by atoms with Crippen LogP contribution in [0.25, 0.3) is 0 Å². The summed E-state index contributed by atoms with van der Waals surface area (Å²) < 4.78 is 11.7. The van der Waals surface area contributed by atoms with Crippen LogP contribution in [0.3, 0.4) is 0 Å². The highest BCUT2D eigenvalue weighted by Gasteiger charge is 2.13. The summed E-state index contributed by atoms with van der Waals surface area (Å²) >= 11 is 3.37. The van der Waals surface area contributed by atoms with E-state index >= 15 is 0 Å². The van der Waals surface area contributed by atoms with Gasteiger partial charge in [0.25, 0.3) is 5.91 Å². The van der Waals surface area contributed by atoms with Crippen LogP contribution in [0.2, 0.25) is 0 Å². The van der Waals surface area contributed by atoms with E-state index in [1.165, 1.54) is 5.56 Å². The van der Waals surface area contributed by atoms with E-state index in [9.17, 15) is 4.79 Å². The molecule has 128 valence electrons. The molecule has 0 fully saturated rings. The Hall–Kier alpha value is -2.01. The molecule has 0 spiro atoms. The molecular formula is C19H22BrNO3. The summed E-state index contributed by atoms with van der Waals surface area (Å²) in [5.41, 5.74) is 1.23. The summed E-state index contributed by atoms with van der Waals surface area (Å²) in [5.74, 6) is 1.43. The Bertz CT molecular complexity index is 641. The number of benzene rings is 2. The molecule has 2 rings (SSSR count). The van der Waals surface area contributed by atoms with Gasteiger partial charge >= 0.3 is 0 Å². The highest BCUT2D eigenvalue weighted by Crippen LogP contribution is 2.17. The molecule has 2 aromatic carbocycles. The SMILES string of the molecule is COc1ccc(CCCNC(=O)[C@@H](C)Oc2ccc(Br)cc2)cc1. The van der Waals surface area contributed by atoms with Gasteiger partial charge in [-0.2, -0.15) is 0 Å². The molecule has 0 saturated carbocycles. The van der Waals surface area contributed by atoms with Crippen molar-refractivity contribution in [2.24, 2.45) is 0 Å². The quantitative estimate of drug-likeness (QED) is 0.692. The number of hydrogen-bond acceptors (Lipinski definition) is 3. The molecule has 5 heteroatoms. The zero-order chi connectivity index (χ0) is 17.4. The fourth-order valence-corrected chi connectivity index (χ4v) is 2.48. The number of aryl methyl sites for hydroxylation is 1. The molecule has 0 aliphatic rings. The highest BCUT2D eigenvalue weighted by atomic mass is 79.9. The summed E-state index contributed by atoms with van der Waals surface area (Å²) in [6.45, 7) is 2.37. The standard InChI is InChI=1S/C19H22BrNO3/c1-14(24-18-11-7-16(20)8-12-18)19(22)21-13-3-4-15-5-9-17(23-2)10-6-15/h5-12,14H,3-4,13H2,1-2H3,(H,21,22)/t14-/m1/s1. The van der Waals surface area contributed by atoms with Crippen molar-refractivity contribution < 1.29 is 14.3 Å². The molecule has 4 nitrogen and oxygen atoms in total. The van der Waals surface area contributed by atoms with Crippen LogP contribution < -0.4 is 14.8 Å². The molecule has 1 atom stereocenters. The second-order valence-corrected chi connectivity index (χ2v) is 6.37. The van der Waals surface area contributed by atoms with Gasteiger partial charge in [0, 0.05) is 11.0 Å². The number of carbonyl (C=O) groups is 1. The minimum atomic E-state index is -0.521. The Kier molecular flexibility index (Phi) is 7.12. The fourth-order valence-electron chi connectivity index (χ4n) is 2.21. The number of ether oxygens (including phenoxy) is 2. The van der Waals surface area contributed by atoms with Crippen LogP contribution in [0, 0.1) is 0 Å². The van der Waals surface area contributed by atoms with Crippen LogP contribution in [0.5, 0.6) is 11.5 Å². The molecule has 0 heterocycles. The third-order valence-electron chi connectivity index (χ3n) is 3.60. The molecule has 0 aromatic heterocycles. The van der Waals surface area contributed by atoms with Crippen LogP contribution in [0.15, 0.2) is 53.0 Å². The van der Waals surface area contributed by atoms with E-state index in [0.717, 1.165) is 23.1 Å². The first-order chi connectivity index (χ1) is 11.6. The summed E-state index contributed by atoms with van der Waals surface area (Å²) in [4.78, 5) is 12.0. The van der Waals surface area contributed by atoms with Crippen molar-refractivity contribution in [2.75, 3.05) is 13.7 Å². The molecule has 1 N–H and O–H groups in total. The normalized spacial score (nSPS) is 11.6. The number of methoxy groups -OCH3 is 1. The number of nitrogens with one attached hydrogen (secondary N) is 1. The van der Waals surface area contributed by atoms with E-state index in [0.29, 0.717) is 12.3 Å². The zero-order valence-electron chi connectivity index (χ0n) is 13.9. The van der Waals surface area contributed by atoms with E-state index in [1.54, 1.807) is 14.0 Å². The summed E-state index contributed by atoms with van der Waals surface area (Å²) in [6.07, 6.45) is 1.27. The van der Waals surface area contributed by atoms with Crippen LogP contribution in [0.4, 0.5) is 0 Å². The predicted octanol–water partition coefficient (Wildman–Crippen LogP) is 3.97. The summed E-state index contributed by atoms with van der Waals surface area (Å²) in [6, 6.07) is 15.4. The number of carbonyl (C=O) groups excluding carboxylic acids is 1. The van der Waals surface area contributed by atoms with E-state index in [2.05, 4.69) is 21.2 Å². The van der Waals surface area contributed by atoms with Crippen molar-refractivity contribution in [3.8, 4) is 11.5 Å². The lowest BCUT2D eigenvalue weighted by Crippen LogP contribution is -2.36. The average Bonchev–Trinajstić information content (AvgIpc) is 2.61. The lowest BCUT2D eigenvalue weighted by molar-refractivity contribution is -0.127. The van der Waals surface area contributed by atoms with E-state index in [-0.39, 0.29) is 5.91 Å². The van der Waals surface area contributed by atoms with Gasteiger partial charge in [-0.05, 0) is 61.7 Å². The maximum absolute atomic E-state index is 12.0. The minimum absolute atomic E-state index is 0.104. The molecule has 2 aromatic rings. The lowest BCUT2D eigenvalue weighted by atomic mass is 10.1. The maximum atomic E-state index is 12.0. The third-order valence-corrected chi connectivity index (χ3v) is 4.12. The van der Waals surface area contributed by atoms with Crippen molar-refractivity contribution in [1.29, 1.82) is 0 Å². The molecular weight excluding hydrogens is 370 g/mol. The number of amides is 1. The zero-order valence-corrected chi connectivity index (χ0v) is 15.5. The van der Waals surface area contributed by atoms with E-state index in [4.69, 9.17) is 9.47 Å². The Morgan fingerprint density at radius 3 is 2.33 bits per heavy atom. The molecule has 1 amide bonds. The van der Waals surface area contributed by atoms with Crippen LogP contribution in [0.1, 0.15) is 18.9 Å². The van der Waals surface area contributed by atoms with Gasteiger partial charge in [0.05, 0.1) is 7.11 Å². The molecule has 0 aliphatic carbocycles. The van der Waals surface area contributed by atoms with Gasteiger partial charge in [-0.15, -0.1) is 0 Å². The number of rotatable bonds is 8. The molecule has 24 heavy (non-hydrogen) atoms. The fraction of sp³-hybridized carbons (Fsp3) is 0.316. The van der Waals surface area contributed by atoms with Gasteiger partial charge in [0.2, 0.25) is 0 Å². The van der Waals surface area contributed by atoms with Gasteiger partial charge in [-0.25, -0.2) is 0 Å². The Balaban J connectivity index is 1.69. The molecule has 0 saturated heterocycles. The van der Waals surface area contributed by atoms with Crippen molar-refractivity contribution in [3.05, 3.63) is 58.6 Å². The van der Waals surface area contributed by atoms with E-state index in [1.807, 2.05) is 48.5 Å². The Morgan fingerprint density at radius 2 is 1.71 bits per heavy atom. The Labute approximate surface area is 151 Å². The van der Waals surface area contributed by atoms with Gasteiger partial charge in [-0.1, -0.05) is 28.1 Å². The van der Waals surface area contributed by atoms with Crippen molar-refractivity contribution >= 4 is 21.8 Å². The second kappa shape index (κ2) is 9.33. The molecule has 0 unspecified atom stereocenters. The monoisotopic (exact) mass is 391 g/mol. The van der Waals surface area contributed by atoms with Crippen LogP contribution in [-0.4, -0.2) is 25.7 Å². The lowest BCUT2D eigenvalue weighted by Gasteiger charge is -2.14. The van der Waals surface area contributed by atoms with Crippen LogP contribution >= 0.6 is 15.9 Å². The first kappa shape index (κ1) is 18.3. The average molecular weight is 392 g/mol. The highest BCUT2D eigenvalue weighted by molar-refractivity contribution is 9.10. The first-order valence-electron chi connectivity index (χ1n) is 7.91. The Morgan fingerprint density at radius 1 is 1.08 bits per heavy atom. The number of halogens is 1. The second-order valence-electron chi connectivity index (χ2n) is 5.46. The largest absolute Gasteiger partial charge is 0.497 e. The summed E-state index contributed by atoms with van der Waals surface area (Å²) in [7, 11) is 1.65. The third kappa shape index (κ3) is 5.89. The van der Waals surface area contributed by atoms with Gasteiger partial charge in [-0.3, -0.25) is 4.79 Å². The van der Waals surface area contributed by atoms with Crippen molar-refractivity contribution in [2.45, 2.75) is 25.9 Å². The van der Waals surface area contributed by atoms with Crippen molar-refractivity contribution in [3.63, 3.8) is 0 Å². The van der Waals surface area contributed by atoms with Crippen molar-refractivity contribution in [1.82, 2.24) is 5.32 Å². The van der Waals surface area contributed by atoms with E-state index < -0.39 is 6.10 Å². The maximum Gasteiger partial charge on any atom is 0.260 e. The smallest absolute Gasteiger partial charge is 0.260 e. The topological polar surface area (TPSA) is 47.6 Å². The van der Waals surface area contributed by atoms with Crippen LogP contribution in [-0.2, 0) is 11.2 Å². The predicted molar refractivity (Wildman–Crippen MR) is 98.6 cm³/mol. The molecule has 0 bridgehead atoms. The first-order valence-corrected chi connectivity index (χ1v) is 8.70. The van der Waals surface area contributed by atoms with Gasteiger partial charge < -0.3 is 14.8 Å². The summed E-state index contributed by atoms with van der Waals surface area (Å²) in [5, 5.41) is 2.91.